The molecule has 0 aromatic heterocycles. The average Bonchev–Trinajstić information content (AvgIpc) is 2.53. The van der Waals surface area contributed by atoms with Crippen molar-refractivity contribution in [3.63, 3.8) is 0 Å². The first kappa shape index (κ1) is 14.7. The highest BCUT2D eigenvalue weighted by atomic mass is 16.6. The third kappa shape index (κ3) is 4.42. The van der Waals surface area contributed by atoms with Crippen LogP contribution in [0.1, 0.15) is 5.56 Å². The lowest BCUT2D eigenvalue weighted by Gasteiger charge is -2.10. The standard InChI is InChI=1S/C16H17NO4/c1-19-14-8-12(9-15(10-14)20-2)11-17-16(18)21-13-6-4-3-5-7-13/h3-10H,11H2,1-2H3,(H,17,18). The van der Waals surface area contributed by atoms with Gasteiger partial charge < -0.3 is 19.5 Å². The number of para-hydroxylation sites is 1. The fourth-order valence-electron chi connectivity index (χ4n) is 1.77. The normalized spacial score (nSPS) is 9.81. The number of amides is 1. The van der Waals surface area contributed by atoms with E-state index in [4.69, 9.17) is 14.2 Å². The van der Waals surface area contributed by atoms with E-state index >= 15 is 0 Å². The summed E-state index contributed by atoms with van der Waals surface area (Å²) in [5, 5.41) is 2.68. The first-order valence-electron chi connectivity index (χ1n) is 6.44. The van der Waals surface area contributed by atoms with Crippen molar-refractivity contribution in [3.8, 4) is 17.2 Å². The van der Waals surface area contributed by atoms with Crippen LogP contribution in [0, 0.1) is 0 Å². The fraction of sp³-hybridized carbons (Fsp3) is 0.188. The minimum atomic E-state index is -0.511. The molecule has 1 N–H and O–H groups in total. The molecular formula is C16H17NO4. The number of nitrogens with one attached hydrogen (secondary N) is 1. The molecule has 5 nitrogen and oxygen atoms in total. The first-order chi connectivity index (χ1) is 10.2. The highest BCUT2D eigenvalue weighted by Gasteiger charge is 2.06. The van der Waals surface area contributed by atoms with Gasteiger partial charge in [0.25, 0.3) is 0 Å². The lowest BCUT2D eigenvalue weighted by molar-refractivity contribution is 0.200. The molecule has 2 rings (SSSR count). The van der Waals surface area contributed by atoms with E-state index in [2.05, 4.69) is 5.32 Å². The summed E-state index contributed by atoms with van der Waals surface area (Å²) in [6.07, 6.45) is -0.511. The zero-order valence-electron chi connectivity index (χ0n) is 12.0. The highest BCUT2D eigenvalue weighted by Crippen LogP contribution is 2.22. The van der Waals surface area contributed by atoms with Crippen molar-refractivity contribution in [2.45, 2.75) is 6.54 Å². The Hall–Kier alpha value is -2.69. The summed E-state index contributed by atoms with van der Waals surface area (Å²) in [7, 11) is 3.16. The molecule has 5 heteroatoms. The monoisotopic (exact) mass is 287 g/mol. The van der Waals surface area contributed by atoms with E-state index in [-0.39, 0.29) is 0 Å². The zero-order valence-corrected chi connectivity index (χ0v) is 12.0. The van der Waals surface area contributed by atoms with Gasteiger partial charge in [-0.05, 0) is 29.8 Å². The number of benzene rings is 2. The third-order valence-electron chi connectivity index (χ3n) is 2.80. The van der Waals surface area contributed by atoms with Gasteiger partial charge in [-0.3, -0.25) is 0 Å². The second-order valence-corrected chi connectivity index (χ2v) is 4.28. The molecule has 0 spiro atoms. The van der Waals surface area contributed by atoms with Crippen LogP contribution in [0.25, 0.3) is 0 Å². The maximum atomic E-state index is 11.7. The van der Waals surface area contributed by atoms with Gasteiger partial charge in [-0.2, -0.15) is 0 Å². The van der Waals surface area contributed by atoms with Gasteiger partial charge >= 0.3 is 6.09 Å². The summed E-state index contributed by atoms with van der Waals surface area (Å²) < 4.78 is 15.5. The molecule has 0 atom stereocenters. The molecule has 0 bridgehead atoms. The number of ether oxygens (including phenoxy) is 3. The molecule has 2 aromatic rings. The summed E-state index contributed by atoms with van der Waals surface area (Å²) in [5.74, 6) is 1.84. The van der Waals surface area contributed by atoms with Crippen LogP contribution in [0.5, 0.6) is 17.2 Å². The molecule has 0 aliphatic heterocycles. The number of methoxy groups -OCH3 is 2. The number of carbonyl (C=O) groups excluding carboxylic acids is 1. The van der Waals surface area contributed by atoms with Crippen molar-refractivity contribution in [2.75, 3.05) is 14.2 Å². The van der Waals surface area contributed by atoms with Crippen molar-refractivity contribution in [1.29, 1.82) is 0 Å². The molecule has 0 radical (unpaired) electrons. The SMILES string of the molecule is COc1cc(CNC(=O)Oc2ccccc2)cc(OC)c1. The Bertz CT molecular complexity index is 576. The molecule has 1 amide bonds. The lowest BCUT2D eigenvalue weighted by atomic mass is 10.2. The molecule has 110 valence electrons. The van der Waals surface area contributed by atoms with E-state index in [1.54, 1.807) is 44.6 Å². The lowest BCUT2D eigenvalue weighted by Crippen LogP contribution is -2.26. The summed E-state index contributed by atoms with van der Waals surface area (Å²) in [6.45, 7) is 0.319. The van der Waals surface area contributed by atoms with Crippen LogP contribution >= 0.6 is 0 Å². The molecule has 2 aromatic carbocycles. The summed E-state index contributed by atoms with van der Waals surface area (Å²) in [6, 6.07) is 14.3. The Labute approximate surface area is 123 Å². The molecular weight excluding hydrogens is 270 g/mol. The number of hydrogen-bond donors (Lipinski definition) is 1. The molecule has 0 aliphatic rings. The van der Waals surface area contributed by atoms with E-state index in [1.165, 1.54) is 0 Å². The predicted octanol–water partition coefficient (Wildman–Crippen LogP) is 2.99. The van der Waals surface area contributed by atoms with Crippen LogP contribution in [0.2, 0.25) is 0 Å². The van der Waals surface area contributed by atoms with Crippen LogP contribution in [0.4, 0.5) is 4.79 Å². The Kier molecular flexibility index (Phi) is 5.04. The van der Waals surface area contributed by atoms with E-state index in [1.807, 2.05) is 18.2 Å². The van der Waals surface area contributed by atoms with Crippen LogP contribution in [0.15, 0.2) is 48.5 Å². The van der Waals surface area contributed by atoms with Crippen molar-refractivity contribution in [3.05, 3.63) is 54.1 Å². The third-order valence-corrected chi connectivity index (χ3v) is 2.80. The van der Waals surface area contributed by atoms with E-state index < -0.39 is 6.09 Å². The Balaban J connectivity index is 1.94. The minimum absolute atomic E-state index is 0.319. The predicted molar refractivity (Wildman–Crippen MR) is 78.9 cm³/mol. The van der Waals surface area contributed by atoms with Crippen LogP contribution in [-0.2, 0) is 6.54 Å². The average molecular weight is 287 g/mol. The quantitative estimate of drug-likeness (QED) is 0.918. The van der Waals surface area contributed by atoms with Crippen LogP contribution in [-0.4, -0.2) is 20.3 Å². The van der Waals surface area contributed by atoms with Crippen LogP contribution in [0.3, 0.4) is 0 Å². The highest BCUT2D eigenvalue weighted by molar-refractivity contribution is 5.70. The van der Waals surface area contributed by atoms with Gasteiger partial charge in [0.15, 0.2) is 0 Å². The van der Waals surface area contributed by atoms with Crippen molar-refractivity contribution >= 4 is 6.09 Å². The van der Waals surface area contributed by atoms with E-state index in [9.17, 15) is 4.79 Å². The van der Waals surface area contributed by atoms with Crippen molar-refractivity contribution in [1.82, 2.24) is 5.32 Å². The molecule has 0 unspecified atom stereocenters. The maximum absolute atomic E-state index is 11.7. The molecule has 21 heavy (non-hydrogen) atoms. The van der Waals surface area contributed by atoms with Gasteiger partial charge in [-0.1, -0.05) is 18.2 Å². The number of carbonyl (C=O) groups is 1. The topological polar surface area (TPSA) is 56.8 Å². The smallest absolute Gasteiger partial charge is 0.412 e. The summed E-state index contributed by atoms with van der Waals surface area (Å²) in [4.78, 5) is 11.7. The molecule has 0 saturated carbocycles. The second kappa shape index (κ2) is 7.19. The molecule has 0 heterocycles. The molecule has 0 saturated heterocycles. The Morgan fingerprint density at radius 2 is 1.57 bits per heavy atom. The van der Waals surface area contributed by atoms with Gasteiger partial charge in [-0.15, -0.1) is 0 Å². The van der Waals surface area contributed by atoms with Crippen molar-refractivity contribution < 1.29 is 19.0 Å². The Morgan fingerprint density at radius 3 is 2.14 bits per heavy atom. The van der Waals surface area contributed by atoms with Gasteiger partial charge in [0.1, 0.15) is 17.2 Å². The minimum Gasteiger partial charge on any atom is -0.497 e. The first-order valence-corrected chi connectivity index (χ1v) is 6.44. The van der Waals surface area contributed by atoms with Crippen molar-refractivity contribution in [2.24, 2.45) is 0 Å². The Morgan fingerprint density at radius 1 is 0.952 bits per heavy atom. The number of hydrogen-bond acceptors (Lipinski definition) is 4. The van der Waals surface area contributed by atoms with Gasteiger partial charge in [0.05, 0.1) is 14.2 Å². The maximum Gasteiger partial charge on any atom is 0.412 e. The summed E-state index contributed by atoms with van der Waals surface area (Å²) >= 11 is 0. The van der Waals surface area contributed by atoms with E-state index in [0.29, 0.717) is 23.8 Å². The van der Waals surface area contributed by atoms with E-state index in [0.717, 1.165) is 5.56 Å². The second-order valence-electron chi connectivity index (χ2n) is 4.28. The van der Waals surface area contributed by atoms with Gasteiger partial charge in [-0.25, -0.2) is 4.79 Å². The molecule has 0 aliphatic carbocycles. The largest absolute Gasteiger partial charge is 0.497 e. The zero-order chi connectivity index (χ0) is 15.1. The number of rotatable bonds is 5. The molecule has 0 fully saturated rings. The van der Waals surface area contributed by atoms with Crippen LogP contribution < -0.4 is 19.5 Å². The fourth-order valence-corrected chi connectivity index (χ4v) is 1.77. The summed E-state index contributed by atoms with van der Waals surface area (Å²) in [5.41, 5.74) is 0.858. The van der Waals surface area contributed by atoms with Gasteiger partial charge in [0, 0.05) is 12.6 Å². The van der Waals surface area contributed by atoms with Gasteiger partial charge in [0.2, 0.25) is 0 Å².